The molecule has 0 aromatic carbocycles. The number of carboxylic acid groups (broad SMARTS) is 1. The lowest BCUT2D eigenvalue weighted by atomic mass is 10.1. The van der Waals surface area contributed by atoms with Crippen molar-refractivity contribution in [3.05, 3.63) is 11.4 Å². The molecule has 0 aliphatic carbocycles. The van der Waals surface area contributed by atoms with Crippen molar-refractivity contribution in [3.63, 3.8) is 0 Å². The van der Waals surface area contributed by atoms with E-state index in [0.29, 0.717) is 12.1 Å². The molecule has 1 aromatic heterocycles. The molecule has 1 amide bonds. The maximum absolute atomic E-state index is 12.3. The minimum Gasteiger partial charge on any atom is -0.476 e. The lowest BCUT2D eigenvalue weighted by Crippen LogP contribution is -2.39. The number of carboxylic acids is 1. The van der Waals surface area contributed by atoms with E-state index in [0.717, 1.165) is 19.3 Å². The molecule has 0 aliphatic rings. The van der Waals surface area contributed by atoms with Gasteiger partial charge in [-0.3, -0.25) is 4.79 Å². The summed E-state index contributed by atoms with van der Waals surface area (Å²) in [5.74, 6) is -1.28. The van der Waals surface area contributed by atoms with Gasteiger partial charge in [-0.25, -0.2) is 9.48 Å². The van der Waals surface area contributed by atoms with Crippen LogP contribution in [-0.4, -0.2) is 38.0 Å². The number of aromatic carboxylic acids is 1. The van der Waals surface area contributed by atoms with Crippen molar-refractivity contribution in [1.82, 2.24) is 20.3 Å². The molecule has 0 fully saturated rings. The van der Waals surface area contributed by atoms with E-state index < -0.39 is 12.0 Å². The second-order valence-electron chi connectivity index (χ2n) is 5.08. The Morgan fingerprint density at radius 1 is 1.29 bits per heavy atom. The molecule has 0 aliphatic heterocycles. The Bertz CT molecular complexity index is 494. The summed E-state index contributed by atoms with van der Waals surface area (Å²) in [6.45, 7) is 7.67. The van der Waals surface area contributed by atoms with Crippen molar-refractivity contribution in [1.29, 1.82) is 0 Å². The molecule has 0 saturated heterocycles. The normalized spacial score (nSPS) is 12.4. The van der Waals surface area contributed by atoms with Gasteiger partial charge in [0.1, 0.15) is 6.04 Å². The van der Waals surface area contributed by atoms with Gasteiger partial charge < -0.3 is 10.4 Å². The van der Waals surface area contributed by atoms with E-state index in [4.69, 9.17) is 5.11 Å². The summed E-state index contributed by atoms with van der Waals surface area (Å²) in [6, 6.07) is -0.454. The highest BCUT2D eigenvalue weighted by molar-refractivity contribution is 5.87. The van der Waals surface area contributed by atoms with E-state index in [9.17, 15) is 9.59 Å². The lowest BCUT2D eigenvalue weighted by molar-refractivity contribution is -0.125. The number of amides is 1. The molecule has 1 heterocycles. The SMILES string of the molecule is CCCc1c(C(=O)O)nnn1C(C)C(=O)NC(CC)CC. The molecule has 1 rings (SSSR count). The van der Waals surface area contributed by atoms with Crippen LogP contribution >= 0.6 is 0 Å². The maximum Gasteiger partial charge on any atom is 0.358 e. The van der Waals surface area contributed by atoms with Crippen LogP contribution < -0.4 is 5.32 Å². The quantitative estimate of drug-likeness (QED) is 0.762. The first-order valence-electron chi connectivity index (χ1n) is 7.43. The number of nitrogens with one attached hydrogen (secondary N) is 1. The van der Waals surface area contributed by atoms with Gasteiger partial charge >= 0.3 is 5.97 Å². The Kier molecular flexibility index (Phi) is 6.33. The molecule has 1 atom stereocenters. The van der Waals surface area contributed by atoms with E-state index in [1.807, 2.05) is 20.8 Å². The van der Waals surface area contributed by atoms with Gasteiger partial charge in [-0.05, 0) is 26.2 Å². The summed E-state index contributed by atoms with van der Waals surface area (Å²) in [7, 11) is 0. The third-order valence-corrected chi connectivity index (χ3v) is 3.56. The number of aromatic nitrogens is 3. The topological polar surface area (TPSA) is 97.1 Å². The number of carbonyl (C=O) groups is 2. The number of nitrogens with zero attached hydrogens (tertiary/aromatic N) is 3. The van der Waals surface area contributed by atoms with E-state index in [-0.39, 0.29) is 17.6 Å². The molecular formula is C14H24N4O3. The molecule has 118 valence electrons. The minimum atomic E-state index is -1.11. The molecule has 21 heavy (non-hydrogen) atoms. The summed E-state index contributed by atoms with van der Waals surface area (Å²) in [5.41, 5.74) is 0.427. The Hall–Kier alpha value is -1.92. The van der Waals surface area contributed by atoms with Crippen molar-refractivity contribution in [2.24, 2.45) is 0 Å². The van der Waals surface area contributed by atoms with Gasteiger partial charge in [0, 0.05) is 6.04 Å². The van der Waals surface area contributed by atoms with Crippen molar-refractivity contribution < 1.29 is 14.7 Å². The monoisotopic (exact) mass is 296 g/mol. The molecule has 0 radical (unpaired) electrons. The Morgan fingerprint density at radius 3 is 2.38 bits per heavy atom. The maximum atomic E-state index is 12.3. The average Bonchev–Trinajstić information content (AvgIpc) is 2.87. The van der Waals surface area contributed by atoms with Gasteiger partial charge in [0.2, 0.25) is 5.91 Å². The van der Waals surface area contributed by atoms with Crippen LogP contribution in [0.25, 0.3) is 0 Å². The van der Waals surface area contributed by atoms with Crippen molar-refractivity contribution in [2.45, 2.75) is 65.5 Å². The lowest BCUT2D eigenvalue weighted by Gasteiger charge is -2.19. The van der Waals surface area contributed by atoms with Gasteiger partial charge in [0.15, 0.2) is 5.69 Å². The van der Waals surface area contributed by atoms with Crippen LogP contribution in [0.3, 0.4) is 0 Å². The summed E-state index contributed by atoms with van der Waals surface area (Å²) in [4.78, 5) is 23.4. The van der Waals surface area contributed by atoms with Gasteiger partial charge in [-0.2, -0.15) is 0 Å². The number of carbonyl (C=O) groups excluding carboxylic acids is 1. The van der Waals surface area contributed by atoms with Gasteiger partial charge in [0.05, 0.1) is 5.69 Å². The van der Waals surface area contributed by atoms with Gasteiger partial charge in [-0.1, -0.05) is 32.4 Å². The first-order valence-corrected chi connectivity index (χ1v) is 7.43. The first kappa shape index (κ1) is 17.1. The number of rotatable bonds is 8. The largest absolute Gasteiger partial charge is 0.476 e. The van der Waals surface area contributed by atoms with Crippen molar-refractivity contribution >= 4 is 11.9 Å². The fourth-order valence-corrected chi connectivity index (χ4v) is 2.19. The zero-order chi connectivity index (χ0) is 16.0. The van der Waals surface area contributed by atoms with E-state index in [1.165, 1.54) is 4.68 Å². The van der Waals surface area contributed by atoms with E-state index >= 15 is 0 Å². The minimum absolute atomic E-state index is 0.0703. The molecule has 7 nitrogen and oxygen atoms in total. The first-order chi connectivity index (χ1) is 9.96. The fourth-order valence-electron chi connectivity index (χ4n) is 2.19. The summed E-state index contributed by atoms with van der Waals surface area (Å²) >= 11 is 0. The molecule has 0 saturated carbocycles. The highest BCUT2D eigenvalue weighted by Crippen LogP contribution is 2.15. The van der Waals surface area contributed by atoms with Crippen LogP contribution in [0.1, 0.15) is 69.2 Å². The third kappa shape index (κ3) is 4.03. The van der Waals surface area contributed by atoms with Crippen molar-refractivity contribution in [2.75, 3.05) is 0 Å². The van der Waals surface area contributed by atoms with Crippen LogP contribution in [0.2, 0.25) is 0 Å². The predicted octanol–water partition coefficient (Wildman–Crippen LogP) is 1.79. The Morgan fingerprint density at radius 2 is 1.90 bits per heavy atom. The molecule has 7 heteroatoms. The number of hydrogen-bond acceptors (Lipinski definition) is 4. The molecule has 1 aromatic rings. The standard InChI is InChI=1S/C14H24N4O3/c1-5-8-11-12(14(20)21)16-17-18(11)9(4)13(19)15-10(6-2)7-3/h9-10H,5-8H2,1-4H3,(H,15,19)(H,20,21). The van der Waals surface area contributed by atoms with Gasteiger partial charge in [0.25, 0.3) is 0 Å². The second kappa shape index (κ2) is 7.75. The molecule has 0 bridgehead atoms. The smallest absolute Gasteiger partial charge is 0.358 e. The number of hydrogen-bond donors (Lipinski definition) is 2. The van der Waals surface area contributed by atoms with E-state index in [2.05, 4.69) is 15.6 Å². The average molecular weight is 296 g/mol. The highest BCUT2D eigenvalue weighted by Gasteiger charge is 2.25. The van der Waals surface area contributed by atoms with Crippen LogP contribution in [-0.2, 0) is 11.2 Å². The molecule has 0 spiro atoms. The molecule has 1 unspecified atom stereocenters. The van der Waals surface area contributed by atoms with Crippen LogP contribution in [0.15, 0.2) is 0 Å². The third-order valence-electron chi connectivity index (χ3n) is 3.56. The fraction of sp³-hybridized carbons (Fsp3) is 0.714. The summed E-state index contributed by atoms with van der Waals surface area (Å²) in [5, 5.41) is 19.6. The van der Waals surface area contributed by atoms with Gasteiger partial charge in [-0.15, -0.1) is 5.10 Å². The Balaban J connectivity index is 2.98. The van der Waals surface area contributed by atoms with Crippen molar-refractivity contribution in [3.8, 4) is 0 Å². The summed E-state index contributed by atoms with van der Waals surface area (Å²) in [6.07, 6.45) is 2.99. The summed E-state index contributed by atoms with van der Waals surface area (Å²) < 4.78 is 1.42. The highest BCUT2D eigenvalue weighted by atomic mass is 16.4. The van der Waals surface area contributed by atoms with Crippen LogP contribution in [0, 0.1) is 0 Å². The van der Waals surface area contributed by atoms with E-state index in [1.54, 1.807) is 6.92 Å². The zero-order valence-electron chi connectivity index (χ0n) is 13.1. The second-order valence-corrected chi connectivity index (χ2v) is 5.08. The van der Waals surface area contributed by atoms with Crippen LogP contribution in [0.4, 0.5) is 0 Å². The predicted molar refractivity (Wildman–Crippen MR) is 78.2 cm³/mol. The molecule has 2 N–H and O–H groups in total. The molecular weight excluding hydrogens is 272 g/mol. The zero-order valence-corrected chi connectivity index (χ0v) is 13.1. The Labute approximate surface area is 124 Å². The van der Waals surface area contributed by atoms with Crippen LogP contribution in [0.5, 0.6) is 0 Å².